The standard InChI is InChI=1S/C28H30F2N4O6S/c1-28(29,30)26(36)33-25-22(23(35)31-15-18-11-12-19(38-2)14-21(18)39-3)32-24(41-25)20-10-7-13-34(20)27(37)40-16-17-8-5-4-6-9-17/h4-6,8-9,11-12,14,20H,7,10,13,15-16H2,1-3H3,(H,31,35)(H,33,36). The van der Waals surface area contributed by atoms with Crippen molar-refractivity contribution in [2.75, 3.05) is 26.1 Å². The number of benzene rings is 2. The lowest BCUT2D eigenvalue weighted by atomic mass is 10.2. The molecule has 0 saturated carbocycles. The molecule has 1 aliphatic heterocycles. The Labute approximate surface area is 239 Å². The van der Waals surface area contributed by atoms with Crippen LogP contribution < -0.4 is 20.1 Å². The van der Waals surface area contributed by atoms with Crippen LogP contribution in [0.5, 0.6) is 11.5 Å². The van der Waals surface area contributed by atoms with Gasteiger partial charge in [-0.15, -0.1) is 0 Å². The number of nitrogens with zero attached hydrogens (tertiary/aromatic N) is 2. The first-order chi connectivity index (χ1) is 19.6. The van der Waals surface area contributed by atoms with Crippen LogP contribution >= 0.6 is 11.3 Å². The van der Waals surface area contributed by atoms with Gasteiger partial charge in [-0.05, 0) is 30.5 Å². The minimum absolute atomic E-state index is 0.0253. The van der Waals surface area contributed by atoms with Gasteiger partial charge in [0.05, 0.1) is 20.3 Å². The average Bonchev–Trinajstić information content (AvgIpc) is 3.62. The normalized spacial score (nSPS) is 14.9. The quantitative estimate of drug-likeness (QED) is 0.336. The summed E-state index contributed by atoms with van der Waals surface area (Å²) in [6.45, 7) is 0.959. The summed E-state index contributed by atoms with van der Waals surface area (Å²) in [6.07, 6.45) is 0.614. The number of carbonyl (C=O) groups is 3. The molecule has 0 spiro atoms. The van der Waals surface area contributed by atoms with Crippen LogP contribution in [0.4, 0.5) is 18.6 Å². The number of amides is 3. The van der Waals surface area contributed by atoms with Crippen LogP contribution in [0.1, 0.15) is 52.4 Å². The van der Waals surface area contributed by atoms with E-state index in [1.54, 1.807) is 18.2 Å². The Bertz CT molecular complexity index is 1400. The Morgan fingerprint density at radius 2 is 1.88 bits per heavy atom. The molecule has 2 N–H and O–H groups in total. The smallest absolute Gasteiger partial charge is 0.410 e. The number of thiazole rings is 1. The van der Waals surface area contributed by atoms with E-state index in [0.29, 0.717) is 48.4 Å². The molecule has 218 valence electrons. The van der Waals surface area contributed by atoms with Crippen LogP contribution in [0.3, 0.4) is 0 Å². The summed E-state index contributed by atoms with van der Waals surface area (Å²) >= 11 is 0.872. The second kappa shape index (κ2) is 12.9. The highest BCUT2D eigenvalue weighted by Crippen LogP contribution is 2.38. The van der Waals surface area contributed by atoms with Gasteiger partial charge in [-0.3, -0.25) is 14.5 Å². The van der Waals surface area contributed by atoms with Crippen molar-refractivity contribution in [3.8, 4) is 11.5 Å². The van der Waals surface area contributed by atoms with E-state index in [0.717, 1.165) is 16.9 Å². The minimum atomic E-state index is -3.69. The first-order valence-electron chi connectivity index (χ1n) is 12.8. The highest BCUT2D eigenvalue weighted by molar-refractivity contribution is 7.16. The third-order valence-electron chi connectivity index (χ3n) is 6.40. The van der Waals surface area contributed by atoms with Crippen molar-refractivity contribution in [1.29, 1.82) is 0 Å². The van der Waals surface area contributed by atoms with Crippen LogP contribution in [0.25, 0.3) is 0 Å². The number of carbonyl (C=O) groups excluding carboxylic acids is 3. The van der Waals surface area contributed by atoms with E-state index in [4.69, 9.17) is 14.2 Å². The molecule has 1 unspecified atom stereocenters. The fraction of sp³-hybridized carbons (Fsp3) is 0.357. The Morgan fingerprint density at radius 3 is 2.56 bits per heavy atom. The van der Waals surface area contributed by atoms with Gasteiger partial charge in [0.2, 0.25) is 0 Å². The maximum atomic E-state index is 13.7. The molecule has 13 heteroatoms. The van der Waals surface area contributed by atoms with Crippen LogP contribution in [0, 0.1) is 0 Å². The molecular weight excluding hydrogens is 558 g/mol. The maximum Gasteiger partial charge on any atom is 0.410 e. The Hall–Kier alpha value is -4.26. The summed E-state index contributed by atoms with van der Waals surface area (Å²) in [7, 11) is 2.99. The monoisotopic (exact) mass is 588 g/mol. The molecule has 1 atom stereocenters. The van der Waals surface area contributed by atoms with Gasteiger partial charge in [0, 0.05) is 31.6 Å². The second-order valence-electron chi connectivity index (χ2n) is 9.32. The fourth-order valence-electron chi connectivity index (χ4n) is 4.23. The third-order valence-corrected chi connectivity index (χ3v) is 7.47. The van der Waals surface area contributed by atoms with Crippen molar-refractivity contribution < 1.29 is 37.4 Å². The zero-order valence-electron chi connectivity index (χ0n) is 22.7. The zero-order chi connectivity index (χ0) is 29.6. The topological polar surface area (TPSA) is 119 Å². The van der Waals surface area contributed by atoms with Crippen LogP contribution in [0.2, 0.25) is 0 Å². The summed E-state index contributed by atoms with van der Waals surface area (Å²) < 4.78 is 43.5. The summed E-state index contributed by atoms with van der Waals surface area (Å²) in [5.41, 5.74) is 1.22. The van der Waals surface area contributed by atoms with Gasteiger partial charge < -0.3 is 24.8 Å². The van der Waals surface area contributed by atoms with Gasteiger partial charge in [-0.1, -0.05) is 41.7 Å². The SMILES string of the molecule is COc1ccc(CNC(=O)c2nc(C3CCCN3C(=O)OCc3ccccc3)sc2NC(=O)C(C)(F)F)c(OC)c1. The van der Waals surface area contributed by atoms with Crippen molar-refractivity contribution >= 4 is 34.2 Å². The van der Waals surface area contributed by atoms with Crippen LogP contribution in [0.15, 0.2) is 48.5 Å². The molecule has 0 radical (unpaired) electrons. The number of anilines is 1. The van der Waals surface area contributed by atoms with Crippen molar-refractivity contribution in [2.45, 2.75) is 44.9 Å². The zero-order valence-corrected chi connectivity index (χ0v) is 23.6. The molecule has 1 fully saturated rings. The lowest BCUT2D eigenvalue weighted by Gasteiger charge is -2.22. The number of hydrogen-bond donors (Lipinski definition) is 2. The molecular formula is C28H30F2N4O6S. The number of rotatable bonds is 10. The van der Waals surface area contributed by atoms with E-state index in [1.165, 1.54) is 19.1 Å². The van der Waals surface area contributed by atoms with E-state index in [-0.39, 0.29) is 23.8 Å². The Balaban J connectivity index is 1.54. The predicted octanol–water partition coefficient (Wildman–Crippen LogP) is 5.16. The van der Waals surface area contributed by atoms with E-state index in [1.807, 2.05) is 30.3 Å². The van der Waals surface area contributed by atoms with Gasteiger partial charge >= 0.3 is 12.0 Å². The maximum absolute atomic E-state index is 13.7. The first kappa shape index (κ1) is 29.7. The first-order valence-corrected chi connectivity index (χ1v) is 13.6. The lowest BCUT2D eigenvalue weighted by Crippen LogP contribution is -2.32. The van der Waals surface area contributed by atoms with Gasteiger partial charge in [-0.2, -0.15) is 8.78 Å². The summed E-state index contributed by atoms with van der Waals surface area (Å²) in [4.78, 5) is 44.2. The molecule has 4 rings (SSSR count). The van der Waals surface area contributed by atoms with E-state index < -0.39 is 29.9 Å². The van der Waals surface area contributed by atoms with Gasteiger partial charge in [-0.25, -0.2) is 9.78 Å². The average molecular weight is 589 g/mol. The molecule has 2 heterocycles. The Kier molecular flexibility index (Phi) is 9.38. The molecule has 3 amide bonds. The number of likely N-dealkylation sites (tertiary alicyclic amines) is 1. The van der Waals surface area contributed by atoms with Crippen LogP contribution in [-0.4, -0.2) is 54.5 Å². The van der Waals surface area contributed by atoms with Gasteiger partial charge in [0.25, 0.3) is 11.8 Å². The number of aromatic nitrogens is 1. The molecule has 0 bridgehead atoms. The second-order valence-corrected chi connectivity index (χ2v) is 10.4. The molecule has 2 aromatic carbocycles. The number of methoxy groups -OCH3 is 2. The predicted molar refractivity (Wildman–Crippen MR) is 147 cm³/mol. The number of alkyl halides is 2. The van der Waals surface area contributed by atoms with Gasteiger partial charge in [0.1, 0.15) is 28.1 Å². The lowest BCUT2D eigenvalue weighted by molar-refractivity contribution is -0.137. The highest BCUT2D eigenvalue weighted by atomic mass is 32.1. The molecule has 1 saturated heterocycles. The summed E-state index contributed by atoms with van der Waals surface area (Å²) in [6, 6.07) is 13.7. The number of hydrogen-bond acceptors (Lipinski definition) is 8. The molecule has 41 heavy (non-hydrogen) atoms. The van der Waals surface area contributed by atoms with E-state index in [9.17, 15) is 23.2 Å². The molecule has 1 aromatic heterocycles. The molecule has 10 nitrogen and oxygen atoms in total. The van der Waals surface area contributed by atoms with Gasteiger partial charge in [0.15, 0.2) is 5.69 Å². The summed E-state index contributed by atoms with van der Waals surface area (Å²) in [5.74, 6) is -4.93. The Morgan fingerprint density at radius 1 is 1.12 bits per heavy atom. The fourth-order valence-corrected chi connectivity index (χ4v) is 5.34. The van der Waals surface area contributed by atoms with Crippen molar-refractivity contribution in [1.82, 2.24) is 15.2 Å². The largest absolute Gasteiger partial charge is 0.497 e. The van der Waals surface area contributed by atoms with E-state index in [2.05, 4.69) is 15.6 Å². The third kappa shape index (κ3) is 7.28. The number of ether oxygens (including phenoxy) is 3. The molecule has 3 aromatic rings. The van der Waals surface area contributed by atoms with Crippen LogP contribution in [-0.2, 0) is 22.7 Å². The molecule has 1 aliphatic rings. The highest BCUT2D eigenvalue weighted by Gasteiger charge is 2.37. The van der Waals surface area contributed by atoms with Crippen molar-refractivity contribution in [3.05, 3.63) is 70.4 Å². The minimum Gasteiger partial charge on any atom is -0.497 e. The summed E-state index contributed by atoms with van der Waals surface area (Å²) in [5, 5.41) is 5.01. The molecule has 0 aliphatic carbocycles. The number of halogens is 2. The van der Waals surface area contributed by atoms with Crippen molar-refractivity contribution in [2.24, 2.45) is 0 Å². The number of nitrogens with one attached hydrogen (secondary N) is 2. The van der Waals surface area contributed by atoms with Crippen molar-refractivity contribution in [3.63, 3.8) is 0 Å². The van der Waals surface area contributed by atoms with E-state index >= 15 is 0 Å².